The van der Waals surface area contributed by atoms with Crippen LogP contribution in [0.25, 0.3) is 32.3 Å². The summed E-state index contributed by atoms with van der Waals surface area (Å²) in [5, 5.41) is 8.89. The lowest BCUT2D eigenvalue weighted by molar-refractivity contribution is -0.870. The fourth-order valence-corrected chi connectivity index (χ4v) is 14.0. The molecule has 518 valence electrons. The highest BCUT2D eigenvalue weighted by atomic mass is 32.2. The van der Waals surface area contributed by atoms with Gasteiger partial charge in [0.1, 0.15) is 36.1 Å². The van der Waals surface area contributed by atoms with Crippen LogP contribution in [0.2, 0.25) is 0 Å². The third-order valence-corrected chi connectivity index (χ3v) is 19.7. The maximum Gasteiger partial charge on any atom is 0.125 e. The molecule has 0 saturated carbocycles. The van der Waals surface area contributed by atoms with E-state index in [1.165, 1.54) is 295 Å². The van der Waals surface area contributed by atoms with E-state index in [9.17, 15) is 44.0 Å². The van der Waals surface area contributed by atoms with E-state index in [1.807, 2.05) is 0 Å². The van der Waals surface area contributed by atoms with Crippen LogP contribution in [-0.2, 0) is 30.4 Å². The van der Waals surface area contributed by atoms with Crippen molar-refractivity contribution in [1.29, 1.82) is 0 Å². The molecule has 0 atom stereocenters. The second-order valence-corrected chi connectivity index (χ2v) is 33.1. The van der Waals surface area contributed by atoms with Gasteiger partial charge in [-0.15, -0.1) is 0 Å². The van der Waals surface area contributed by atoms with Gasteiger partial charge in [-0.3, -0.25) is 0 Å². The molecule has 0 aromatic heterocycles. The van der Waals surface area contributed by atoms with Gasteiger partial charge in [0.05, 0.1) is 97.7 Å². The zero-order valence-corrected chi connectivity index (χ0v) is 61.4. The smallest absolute Gasteiger partial charge is 0.125 e. The predicted octanol–water partition coefficient (Wildman–Crippen LogP) is 19.5. The number of phenols is 1. The third-order valence-electron chi connectivity index (χ3n) is 17.1. The van der Waals surface area contributed by atoms with Crippen LogP contribution in [-0.4, -0.2) is 141 Å². The van der Waals surface area contributed by atoms with Crippen molar-refractivity contribution in [1.82, 2.24) is 0 Å². The summed E-state index contributed by atoms with van der Waals surface area (Å²) < 4.78 is 108. The molecule has 0 aliphatic carbocycles. The summed E-state index contributed by atoms with van der Waals surface area (Å²) >= 11 is 0. The normalized spacial score (nSPS) is 12.5. The fraction of sp³-hybridized carbons (Fsp3) is 0.781. The van der Waals surface area contributed by atoms with Gasteiger partial charge in [0.2, 0.25) is 0 Å². The van der Waals surface area contributed by atoms with E-state index < -0.39 is 50.8 Å². The highest BCUT2D eigenvalue weighted by molar-refractivity contribution is 7.87. The molecule has 1 N–H and O–H groups in total. The molecule has 0 bridgehead atoms. The molecule has 0 aliphatic rings. The van der Waals surface area contributed by atoms with Crippen molar-refractivity contribution in [2.24, 2.45) is 0 Å². The zero-order chi connectivity index (χ0) is 66.8. The summed E-state index contributed by atoms with van der Waals surface area (Å²) in [7, 11) is 5.04. The molecule has 0 spiro atoms. The van der Waals surface area contributed by atoms with Gasteiger partial charge in [-0.05, 0) is 56.7 Å². The quantitative estimate of drug-likeness (QED) is 0.0193. The highest BCUT2D eigenvalue weighted by Gasteiger charge is 2.23. The number of nitrogens with zero attached hydrogens (tertiary/aromatic N) is 3. The fourth-order valence-electron chi connectivity index (χ4n) is 11.8. The molecular weight excluding hydrogens is 1180 g/mol. The van der Waals surface area contributed by atoms with Crippen LogP contribution in [0.1, 0.15) is 290 Å². The number of phenolic OH excluding ortho intramolecular Hbond substituents is 1. The number of aromatic hydroxyl groups is 1. The SMILES string of the molecule is CCCCCCCCCCCCCCCC[N+](C)(C)C.CCCCCCCCCCCCCCCC[N+](C)(C)C.CCCCCCCCCCCCCCCC[N+](C)(C)C.O=S(=O)([O-])c1cc(O)c2ccc3c(S(=O)(=O)[O-])cc(S(=O)(=O)[O-])c4ccc1c2c34. The third kappa shape index (κ3) is 40.9. The van der Waals surface area contributed by atoms with Gasteiger partial charge in [-0.1, -0.05) is 270 Å². The number of hydrogen-bond donors (Lipinski definition) is 1. The Bertz CT molecular complexity index is 2630. The van der Waals surface area contributed by atoms with Crippen molar-refractivity contribution in [2.45, 2.75) is 305 Å². The van der Waals surface area contributed by atoms with Crippen molar-refractivity contribution in [2.75, 3.05) is 83.1 Å². The maximum absolute atomic E-state index is 11.7. The standard InChI is InChI=1S/3C19H42N.C16H10O10S3/c3*1-5-6-7-8-9-10-11-12-13-14-15-16-17-18-19-20(2,3)4;17-11-5-12(27(18,19)20)8-3-4-10-14(29(24,25)26)6-13(28(21,22)23)9-2-1-7(11)15(8)16(9)10/h3*5-19H2,1-4H3;1-6,17H,(H,18,19,20)(H,21,22,23)(H,24,25,26)/q3*+1;/p-3. The molecule has 0 fully saturated rings. The van der Waals surface area contributed by atoms with Gasteiger partial charge >= 0.3 is 0 Å². The van der Waals surface area contributed by atoms with Crippen LogP contribution in [0.5, 0.6) is 5.75 Å². The van der Waals surface area contributed by atoms with E-state index in [1.54, 1.807) is 0 Å². The lowest BCUT2D eigenvalue weighted by atomic mass is 9.94. The van der Waals surface area contributed by atoms with Crippen LogP contribution in [0, 0.1) is 0 Å². The molecule has 0 heterocycles. The van der Waals surface area contributed by atoms with E-state index >= 15 is 0 Å². The lowest BCUT2D eigenvalue weighted by Gasteiger charge is -2.23. The molecule has 4 rings (SSSR count). The first-order valence-electron chi connectivity index (χ1n) is 35.7. The molecule has 0 aliphatic heterocycles. The summed E-state index contributed by atoms with van der Waals surface area (Å²) in [5.41, 5.74) is 0. The average Bonchev–Trinajstić information content (AvgIpc) is 0.715. The van der Waals surface area contributed by atoms with E-state index in [2.05, 4.69) is 84.2 Å². The van der Waals surface area contributed by atoms with E-state index in [4.69, 9.17) is 0 Å². The van der Waals surface area contributed by atoms with Crippen LogP contribution < -0.4 is 0 Å². The Morgan fingerprint density at radius 1 is 0.281 bits per heavy atom. The molecule has 13 nitrogen and oxygen atoms in total. The van der Waals surface area contributed by atoms with Crippen LogP contribution in [0.4, 0.5) is 0 Å². The zero-order valence-electron chi connectivity index (χ0n) is 59.0. The number of rotatable bonds is 48. The van der Waals surface area contributed by atoms with Crippen LogP contribution in [0.15, 0.2) is 51.1 Å². The summed E-state index contributed by atoms with van der Waals surface area (Å²) in [6.07, 6.45) is 61.1. The van der Waals surface area contributed by atoms with Crippen molar-refractivity contribution in [3.05, 3.63) is 36.4 Å². The molecule has 0 unspecified atom stereocenters. The Labute approximate surface area is 547 Å². The first-order valence-corrected chi connectivity index (χ1v) is 39.9. The van der Waals surface area contributed by atoms with Crippen molar-refractivity contribution >= 4 is 62.7 Å². The Hall–Kier alpha value is -2.67. The lowest BCUT2D eigenvalue weighted by Crippen LogP contribution is -2.35. The summed E-state index contributed by atoms with van der Waals surface area (Å²) in [6.45, 7) is 10.9. The minimum absolute atomic E-state index is 0.0415. The van der Waals surface area contributed by atoms with Gasteiger partial charge in [-0.25, -0.2) is 25.3 Å². The molecule has 0 saturated heterocycles. The minimum Gasteiger partial charge on any atom is -0.744 e. The highest BCUT2D eigenvalue weighted by Crippen LogP contribution is 2.45. The Kier molecular flexibility index (Phi) is 44.0. The van der Waals surface area contributed by atoms with Crippen LogP contribution >= 0.6 is 0 Å². The second-order valence-electron chi connectivity index (χ2n) is 29.0. The number of benzene rings is 4. The topological polar surface area (TPSA) is 192 Å². The van der Waals surface area contributed by atoms with Gasteiger partial charge in [0.15, 0.2) is 0 Å². The predicted molar refractivity (Wildman–Crippen MR) is 375 cm³/mol. The molecular formula is C73H133N3O10S3. The molecule has 4 aromatic rings. The van der Waals surface area contributed by atoms with Crippen molar-refractivity contribution < 1.29 is 57.5 Å². The first-order chi connectivity index (χ1) is 41.9. The monoisotopic (exact) mass is 1310 g/mol. The Balaban J connectivity index is 0.000000605. The van der Waals surface area contributed by atoms with E-state index in [-0.39, 0.29) is 32.3 Å². The number of quaternary nitrogens is 3. The first kappa shape index (κ1) is 84.3. The Morgan fingerprint density at radius 2 is 0.449 bits per heavy atom. The molecule has 89 heavy (non-hydrogen) atoms. The molecule has 4 aromatic carbocycles. The summed E-state index contributed by atoms with van der Waals surface area (Å²) in [5.74, 6) is -0.650. The summed E-state index contributed by atoms with van der Waals surface area (Å²) in [6, 6.07) is 5.54. The van der Waals surface area contributed by atoms with Gasteiger partial charge < -0.3 is 32.2 Å². The number of unbranched alkanes of at least 4 members (excludes halogenated alkanes) is 39. The second kappa shape index (κ2) is 46.4. The minimum atomic E-state index is -5.25. The molecule has 0 radical (unpaired) electrons. The largest absolute Gasteiger partial charge is 0.744 e. The van der Waals surface area contributed by atoms with E-state index in [0.29, 0.717) is 12.1 Å². The van der Waals surface area contributed by atoms with E-state index in [0.717, 1.165) is 31.6 Å². The number of hydrogen-bond acceptors (Lipinski definition) is 10. The van der Waals surface area contributed by atoms with Crippen molar-refractivity contribution in [3.8, 4) is 5.75 Å². The molecule has 16 heteroatoms. The maximum atomic E-state index is 11.7. The average molecular weight is 1310 g/mol. The summed E-state index contributed by atoms with van der Waals surface area (Å²) in [4.78, 5) is -2.86. The van der Waals surface area contributed by atoms with Gasteiger partial charge in [-0.2, -0.15) is 0 Å². The Morgan fingerprint density at radius 3 is 0.640 bits per heavy atom. The van der Waals surface area contributed by atoms with Gasteiger partial charge in [0.25, 0.3) is 0 Å². The van der Waals surface area contributed by atoms with Crippen LogP contribution in [0.3, 0.4) is 0 Å². The van der Waals surface area contributed by atoms with Gasteiger partial charge in [0, 0.05) is 32.3 Å². The van der Waals surface area contributed by atoms with Crippen molar-refractivity contribution in [3.63, 3.8) is 0 Å². The molecule has 0 amide bonds.